The topological polar surface area (TPSA) is 96.0 Å². The first-order valence-corrected chi connectivity index (χ1v) is 11.2. The molecule has 3 aliphatic rings. The molecular weight excluding hydrogens is 471 g/mol. The minimum absolute atomic E-state index is 0.0672. The Bertz CT molecular complexity index is 1160. The van der Waals surface area contributed by atoms with E-state index in [1.807, 2.05) is 0 Å². The van der Waals surface area contributed by atoms with E-state index in [4.69, 9.17) is 37.4 Å². The fourth-order valence-corrected chi connectivity index (χ4v) is 5.44. The first kappa shape index (κ1) is 21.9. The van der Waals surface area contributed by atoms with Crippen LogP contribution >= 0.6 is 23.2 Å². The third kappa shape index (κ3) is 4.00. The highest BCUT2D eigenvalue weighted by Crippen LogP contribution is 2.57. The number of carbonyl (C=O) groups excluding carboxylic acids is 4. The van der Waals surface area contributed by atoms with Gasteiger partial charge in [0.1, 0.15) is 11.9 Å². The van der Waals surface area contributed by atoms with Crippen LogP contribution in [0.15, 0.2) is 42.5 Å². The van der Waals surface area contributed by atoms with E-state index in [2.05, 4.69) is 0 Å². The van der Waals surface area contributed by atoms with Crippen molar-refractivity contribution in [3.8, 4) is 5.75 Å². The van der Waals surface area contributed by atoms with Crippen molar-refractivity contribution in [3.05, 3.63) is 63.6 Å². The number of benzene rings is 2. The SMILES string of the molecule is O=C(COC(=O)[C@@H]1[C@@H]2C[C@@H]3[C@@H]1C(=O)O[C@@H]3C2)c1ccc(OC(=O)c2ccc(Cl)c(Cl)c2)cc1. The summed E-state index contributed by atoms with van der Waals surface area (Å²) in [5.74, 6) is -2.46. The lowest BCUT2D eigenvalue weighted by atomic mass is 9.80. The van der Waals surface area contributed by atoms with Gasteiger partial charge in [-0.2, -0.15) is 0 Å². The van der Waals surface area contributed by atoms with Crippen molar-refractivity contribution >= 4 is 46.9 Å². The Kier molecular flexibility index (Phi) is 5.62. The second-order valence-electron chi connectivity index (χ2n) is 8.50. The van der Waals surface area contributed by atoms with Gasteiger partial charge in [-0.1, -0.05) is 23.2 Å². The number of hydrogen-bond acceptors (Lipinski definition) is 7. The fraction of sp³-hybridized carbons (Fsp3) is 0.333. The molecule has 0 amide bonds. The maximum atomic E-state index is 12.6. The van der Waals surface area contributed by atoms with Gasteiger partial charge in [0, 0.05) is 11.5 Å². The third-order valence-corrected chi connectivity index (χ3v) is 7.38. The first-order valence-electron chi connectivity index (χ1n) is 10.5. The molecule has 1 aliphatic heterocycles. The van der Waals surface area contributed by atoms with Gasteiger partial charge >= 0.3 is 17.9 Å². The van der Waals surface area contributed by atoms with Crippen LogP contribution in [0.3, 0.4) is 0 Å². The maximum Gasteiger partial charge on any atom is 0.343 e. The number of ether oxygens (including phenoxy) is 3. The summed E-state index contributed by atoms with van der Waals surface area (Å²) in [5, 5.41) is 0.557. The summed E-state index contributed by atoms with van der Waals surface area (Å²) < 4.78 is 15.9. The lowest BCUT2D eigenvalue weighted by Crippen LogP contribution is -2.34. The Hall–Kier alpha value is -2.90. The lowest BCUT2D eigenvalue weighted by molar-refractivity contribution is -0.154. The van der Waals surface area contributed by atoms with E-state index in [9.17, 15) is 19.2 Å². The van der Waals surface area contributed by atoms with Crippen LogP contribution in [0.1, 0.15) is 33.6 Å². The van der Waals surface area contributed by atoms with Gasteiger partial charge in [0.25, 0.3) is 0 Å². The highest BCUT2D eigenvalue weighted by atomic mass is 35.5. The zero-order valence-corrected chi connectivity index (χ0v) is 18.7. The second-order valence-corrected chi connectivity index (χ2v) is 9.31. The molecule has 2 saturated carbocycles. The zero-order chi connectivity index (χ0) is 23.3. The average molecular weight is 489 g/mol. The molecule has 0 N–H and O–H groups in total. The van der Waals surface area contributed by atoms with Crippen molar-refractivity contribution in [1.29, 1.82) is 0 Å². The summed E-state index contributed by atoms with van der Waals surface area (Å²) >= 11 is 11.8. The van der Waals surface area contributed by atoms with E-state index in [1.165, 1.54) is 42.5 Å². The first-order chi connectivity index (χ1) is 15.8. The van der Waals surface area contributed by atoms with Crippen LogP contribution in [0, 0.1) is 23.7 Å². The second kappa shape index (κ2) is 8.47. The van der Waals surface area contributed by atoms with Gasteiger partial charge in [0.2, 0.25) is 0 Å². The average Bonchev–Trinajstić information content (AvgIpc) is 3.42. The maximum absolute atomic E-state index is 12.6. The number of ketones is 1. The molecule has 7 nitrogen and oxygen atoms in total. The molecule has 1 heterocycles. The molecule has 0 spiro atoms. The molecule has 1 saturated heterocycles. The summed E-state index contributed by atoms with van der Waals surface area (Å²) in [7, 11) is 0. The van der Waals surface area contributed by atoms with Crippen molar-refractivity contribution in [2.24, 2.45) is 23.7 Å². The van der Waals surface area contributed by atoms with Crippen LogP contribution in [0.5, 0.6) is 5.75 Å². The Labute approximate surface area is 198 Å². The van der Waals surface area contributed by atoms with E-state index in [0.717, 1.165) is 6.42 Å². The molecule has 9 heteroatoms. The van der Waals surface area contributed by atoms with Gasteiger partial charge in [-0.15, -0.1) is 0 Å². The highest BCUT2D eigenvalue weighted by Gasteiger charge is 2.64. The Morgan fingerprint density at radius 3 is 2.42 bits per heavy atom. The van der Waals surface area contributed by atoms with Gasteiger partial charge in [-0.05, 0) is 61.2 Å². The molecule has 2 aliphatic carbocycles. The van der Waals surface area contributed by atoms with E-state index in [1.54, 1.807) is 0 Å². The van der Waals surface area contributed by atoms with E-state index < -0.39 is 36.2 Å². The summed E-state index contributed by atoms with van der Waals surface area (Å²) in [6.45, 7) is -0.430. The molecule has 0 unspecified atom stereocenters. The monoisotopic (exact) mass is 488 g/mol. The Balaban J connectivity index is 1.16. The quantitative estimate of drug-likeness (QED) is 0.342. The third-order valence-electron chi connectivity index (χ3n) is 6.64. The smallest absolute Gasteiger partial charge is 0.343 e. The highest BCUT2D eigenvalue weighted by molar-refractivity contribution is 6.42. The van der Waals surface area contributed by atoms with Crippen LogP contribution in [0.2, 0.25) is 10.0 Å². The van der Waals surface area contributed by atoms with Crippen molar-refractivity contribution < 1.29 is 33.4 Å². The molecule has 5 rings (SSSR count). The van der Waals surface area contributed by atoms with E-state index in [0.29, 0.717) is 17.0 Å². The van der Waals surface area contributed by atoms with Crippen LogP contribution in [-0.4, -0.2) is 36.4 Å². The van der Waals surface area contributed by atoms with Gasteiger partial charge in [-0.3, -0.25) is 14.4 Å². The van der Waals surface area contributed by atoms with Crippen LogP contribution in [-0.2, 0) is 19.1 Å². The number of esters is 3. The number of fused-ring (bicyclic) bond motifs is 1. The Morgan fingerprint density at radius 2 is 1.70 bits per heavy atom. The molecule has 170 valence electrons. The summed E-state index contributed by atoms with van der Waals surface area (Å²) in [6, 6.07) is 10.3. The van der Waals surface area contributed by atoms with Crippen LogP contribution in [0.4, 0.5) is 0 Å². The molecule has 0 aromatic heterocycles. The number of halogens is 2. The largest absolute Gasteiger partial charge is 0.462 e. The standard InChI is InChI=1S/C24H18Cl2O7/c25-16-6-3-12(8-17(16)26)22(28)32-14-4-1-11(2-5-14)18(27)10-31-23(29)20-13-7-15-19(9-13)33-24(30)21(15)20/h1-6,8,13,15,19-21H,7,9-10H2/t13-,15+,19-,20-,21+/m1/s1. The molecule has 2 aromatic carbocycles. The van der Waals surface area contributed by atoms with Crippen molar-refractivity contribution in [3.63, 3.8) is 0 Å². The van der Waals surface area contributed by atoms with Crippen molar-refractivity contribution in [2.75, 3.05) is 6.61 Å². The Morgan fingerprint density at radius 1 is 0.970 bits per heavy atom. The van der Waals surface area contributed by atoms with Gasteiger partial charge < -0.3 is 14.2 Å². The molecule has 3 fully saturated rings. The fourth-order valence-electron chi connectivity index (χ4n) is 5.14. The number of Topliss-reactive ketones (excluding diaryl/α,β-unsaturated/α-hetero) is 1. The van der Waals surface area contributed by atoms with Crippen LogP contribution < -0.4 is 4.74 Å². The van der Waals surface area contributed by atoms with Gasteiger partial charge in [0.05, 0.1) is 27.4 Å². The predicted octanol–water partition coefficient (Wildman–Crippen LogP) is 4.14. The molecule has 33 heavy (non-hydrogen) atoms. The summed E-state index contributed by atoms with van der Waals surface area (Å²) in [5.41, 5.74) is 0.528. The van der Waals surface area contributed by atoms with E-state index in [-0.39, 0.29) is 40.2 Å². The van der Waals surface area contributed by atoms with Crippen molar-refractivity contribution in [2.45, 2.75) is 18.9 Å². The minimum atomic E-state index is -0.625. The predicted molar refractivity (Wildman–Crippen MR) is 116 cm³/mol. The van der Waals surface area contributed by atoms with E-state index >= 15 is 0 Å². The molecular formula is C24H18Cl2O7. The lowest BCUT2D eigenvalue weighted by Gasteiger charge is -2.22. The molecule has 5 atom stereocenters. The van der Waals surface area contributed by atoms with Gasteiger partial charge in [-0.25, -0.2) is 4.79 Å². The molecule has 2 bridgehead atoms. The normalized spacial score (nSPS) is 26.7. The molecule has 0 radical (unpaired) electrons. The summed E-state index contributed by atoms with van der Waals surface area (Å²) in [6.07, 6.45) is 1.41. The molecule has 2 aromatic rings. The zero-order valence-electron chi connectivity index (χ0n) is 17.2. The van der Waals surface area contributed by atoms with Crippen molar-refractivity contribution in [1.82, 2.24) is 0 Å². The van der Waals surface area contributed by atoms with Gasteiger partial charge in [0.15, 0.2) is 12.4 Å². The minimum Gasteiger partial charge on any atom is -0.462 e. The summed E-state index contributed by atoms with van der Waals surface area (Å²) in [4.78, 5) is 49.4. The van der Waals surface area contributed by atoms with Crippen LogP contribution in [0.25, 0.3) is 0 Å². The number of carbonyl (C=O) groups is 4. The number of hydrogen-bond donors (Lipinski definition) is 0. The number of rotatable bonds is 6.